The number of rotatable bonds is 6. The quantitative estimate of drug-likeness (QED) is 0.805. The monoisotopic (exact) mass is 272 g/mol. The van der Waals surface area contributed by atoms with Gasteiger partial charge in [0.2, 0.25) is 10.0 Å². The summed E-state index contributed by atoms with van der Waals surface area (Å²) in [5.41, 5.74) is 0.671. The van der Waals surface area contributed by atoms with E-state index in [9.17, 15) is 8.42 Å². The number of hydrogen-bond acceptors (Lipinski definition) is 4. The summed E-state index contributed by atoms with van der Waals surface area (Å²) in [7, 11) is -2.15. The number of nitrogens with one attached hydrogen (secondary N) is 1. The third kappa shape index (κ3) is 4.29. The zero-order valence-electron chi connectivity index (χ0n) is 10.9. The molecule has 0 aliphatic heterocycles. The smallest absolute Gasteiger partial charge is 0.238 e. The topological polar surface area (TPSA) is 81.4 Å². The van der Waals surface area contributed by atoms with Crippen LogP contribution >= 0.6 is 0 Å². The number of hydrogen-bond donors (Lipinski definition) is 2. The van der Waals surface area contributed by atoms with Crippen LogP contribution < -0.4 is 15.2 Å². The fraction of sp³-hybridized carbons (Fsp3) is 0.500. The van der Waals surface area contributed by atoms with Gasteiger partial charge in [-0.1, -0.05) is 13.8 Å². The third-order valence-electron chi connectivity index (χ3n) is 2.52. The number of sulfonamides is 1. The fourth-order valence-corrected chi connectivity index (χ4v) is 2.44. The second kappa shape index (κ2) is 6.17. The van der Waals surface area contributed by atoms with E-state index in [1.54, 1.807) is 19.2 Å². The van der Waals surface area contributed by atoms with Crippen molar-refractivity contribution in [1.82, 2.24) is 5.32 Å². The zero-order chi connectivity index (χ0) is 13.8. The SMILES string of the molecule is COc1ccc(S(N)(=O)=O)c(CCNC(C)C)c1. The summed E-state index contributed by atoms with van der Waals surface area (Å²) in [5.74, 6) is 0.627. The summed E-state index contributed by atoms with van der Waals surface area (Å²) < 4.78 is 28.0. The first-order valence-corrected chi connectivity index (χ1v) is 7.32. The third-order valence-corrected chi connectivity index (χ3v) is 3.53. The highest BCUT2D eigenvalue weighted by molar-refractivity contribution is 7.89. The summed E-state index contributed by atoms with van der Waals surface area (Å²) in [6, 6.07) is 5.15. The van der Waals surface area contributed by atoms with Gasteiger partial charge in [-0.05, 0) is 36.7 Å². The normalized spacial score (nSPS) is 11.8. The van der Waals surface area contributed by atoms with Crippen LogP contribution in [0.3, 0.4) is 0 Å². The van der Waals surface area contributed by atoms with Crippen molar-refractivity contribution in [2.24, 2.45) is 5.14 Å². The van der Waals surface area contributed by atoms with Gasteiger partial charge in [-0.2, -0.15) is 0 Å². The van der Waals surface area contributed by atoms with Crippen molar-refractivity contribution < 1.29 is 13.2 Å². The summed E-state index contributed by atoms with van der Waals surface area (Å²) in [4.78, 5) is 0.161. The molecule has 0 amide bonds. The van der Waals surface area contributed by atoms with E-state index in [0.717, 1.165) is 0 Å². The van der Waals surface area contributed by atoms with E-state index in [4.69, 9.17) is 9.88 Å². The van der Waals surface area contributed by atoms with Crippen molar-refractivity contribution in [1.29, 1.82) is 0 Å². The molecule has 102 valence electrons. The molecule has 0 spiro atoms. The molecule has 0 saturated carbocycles. The first-order valence-electron chi connectivity index (χ1n) is 5.77. The molecule has 0 radical (unpaired) electrons. The number of benzene rings is 1. The summed E-state index contributed by atoms with van der Waals surface area (Å²) >= 11 is 0. The highest BCUT2D eigenvalue weighted by Crippen LogP contribution is 2.21. The number of ether oxygens (including phenoxy) is 1. The van der Waals surface area contributed by atoms with Crippen molar-refractivity contribution in [3.05, 3.63) is 23.8 Å². The lowest BCUT2D eigenvalue weighted by molar-refractivity contribution is 0.413. The lowest BCUT2D eigenvalue weighted by atomic mass is 10.1. The maximum absolute atomic E-state index is 11.5. The maximum atomic E-state index is 11.5. The van der Waals surface area contributed by atoms with Crippen molar-refractivity contribution in [2.75, 3.05) is 13.7 Å². The van der Waals surface area contributed by atoms with Gasteiger partial charge < -0.3 is 10.1 Å². The Morgan fingerprint density at radius 2 is 2.06 bits per heavy atom. The van der Waals surface area contributed by atoms with E-state index in [1.807, 2.05) is 13.8 Å². The van der Waals surface area contributed by atoms with Gasteiger partial charge in [0.15, 0.2) is 0 Å². The lowest BCUT2D eigenvalue weighted by Gasteiger charge is -2.12. The summed E-state index contributed by atoms with van der Waals surface area (Å²) in [6.07, 6.45) is 0.584. The zero-order valence-corrected chi connectivity index (χ0v) is 11.8. The van der Waals surface area contributed by atoms with Gasteiger partial charge in [-0.25, -0.2) is 13.6 Å². The Morgan fingerprint density at radius 1 is 1.39 bits per heavy atom. The van der Waals surface area contributed by atoms with Crippen LogP contribution in [0.1, 0.15) is 19.4 Å². The molecule has 3 N–H and O–H groups in total. The molecular formula is C12H20N2O3S. The van der Waals surface area contributed by atoms with E-state index >= 15 is 0 Å². The van der Waals surface area contributed by atoms with Gasteiger partial charge in [0, 0.05) is 6.04 Å². The van der Waals surface area contributed by atoms with Crippen LogP contribution in [0.2, 0.25) is 0 Å². The molecule has 1 aromatic rings. The fourth-order valence-electron chi connectivity index (χ4n) is 1.65. The van der Waals surface area contributed by atoms with Gasteiger partial charge in [0.05, 0.1) is 12.0 Å². The molecule has 0 atom stereocenters. The Kier molecular flexibility index (Phi) is 5.13. The van der Waals surface area contributed by atoms with E-state index in [1.165, 1.54) is 6.07 Å². The Bertz CT molecular complexity index is 498. The van der Waals surface area contributed by atoms with Crippen LogP contribution in [0.15, 0.2) is 23.1 Å². The van der Waals surface area contributed by atoms with Crippen LogP contribution in [0.25, 0.3) is 0 Å². The number of nitrogens with two attached hydrogens (primary N) is 1. The Balaban J connectivity index is 2.98. The molecule has 0 aromatic heterocycles. The Morgan fingerprint density at radius 3 is 2.56 bits per heavy atom. The van der Waals surface area contributed by atoms with Gasteiger partial charge in [0.1, 0.15) is 5.75 Å². The van der Waals surface area contributed by atoms with Crippen LogP contribution in [-0.2, 0) is 16.4 Å². The molecule has 6 heteroatoms. The van der Waals surface area contributed by atoms with E-state index in [2.05, 4.69) is 5.32 Å². The minimum absolute atomic E-state index is 0.161. The maximum Gasteiger partial charge on any atom is 0.238 e. The second-order valence-electron chi connectivity index (χ2n) is 4.38. The molecular weight excluding hydrogens is 252 g/mol. The largest absolute Gasteiger partial charge is 0.497 e. The molecule has 0 bridgehead atoms. The van der Waals surface area contributed by atoms with E-state index in [-0.39, 0.29) is 4.90 Å². The summed E-state index contributed by atoms with van der Waals surface area (Å²) in [6.45, 7) is 4.76. The molecule has 0 fully saturated rings. The Labute approximate surface area is 108 Å². The molecule has 5 nitrogen and oxygen atoms in total. The molecule has 0 saturated heterocycles. The molecule has 1 aromatic carbocycles. The first kappa shape index (κ1) is 14.9. The van der Waals surface area contributed by atoms with Gasteiger partial charge >= 0.3 is 0 Å². The minimum atomic E-state index is -3.69. The second-order valence-corrected chi connectivity index (χ2v) is 5.91. The van der Waals surface area contributed by atoms with Crippen LogP contribution in [0.4, 0.5) is 0 Å². The predicted octanol–water partition coefficient (Wildman–Crippen LogP) is 0.883. The highest BCUT2D eigenvalue weighted by atomic mass is 32.2. The lowest BCUT2D eigenvalue weighted by Crippen LogP contribution is -2.25. The predicted molar refractivity (Wildman–Crippen MR) is 71.2 cm³/mol. The molecule has 18 heavy (non-hydrogen) atoms. The Hall–Kier alpha value is -1.11. The number of primary sulfonamides is 1. The van der Waals surface area contributed by atoms with Crippen LogP contribution in [0, 0.1) is 0 Å². The average molecular weight is 272 g/mol. The molecule has 1 rings (SSSR count). The molecule has 0 aliphatic carbocycles. The van der Waals surface area contributed by atoms with Crippen LogP contribution in [-0.4, -0.2) is 28.1 Å². The van der Waals surface area contributed by atoms with Gasteiger partial charge in [-0.15, -0.1) is 0 Å². The standard InChI is InChI=1S/C12H20N2O3S/c1-9(2)14-7-6-10-8-11(17-3)4-5-12(10)18(13,15)16/h4-5,8-9,14H,6-7H2,1-3H3,(H2,13,15,16). The minimum Gasteiger partial charge on any atom is -0.497 e. The van der Waals surface area contributed by atoms with Crippen molar-refractivity contribution in [2.45, 2.75) is 31.2 Å². The molecule has 0 heterocycles. The van der Waals surface area contributed by atoms with Crippen molar-refractivity contribution in [3.8, 4) is 5.75 Å². The van der Waals surface area contributed by atoms with E-state index in [0.29, 0.717) is 30.3 Å². The summed E-state index contributed by atoms with van der Waals surface area (Å²) in [5, 5.41) is 8.43. The van der Waals surface area contributed by atoms with Crippen molar-refractivity contribution in [3.63, 3.8) is 0 Å². The van der Waals surface area contributed by atoms with Crippen molar-refractivity contribution >= 4 is 10.0 Å². The van der Waals surface area contributed by atoms with Gasteiger partial charge in [-0.3, -0.25) is 0 Å². The average Bonchev–Trinajstić information content (AvgIpc) is 2.27. The molecule has 0 aliphatic rings. The first-order chi connectivity index (χ1) is 8.34. The molecule has 0 unspecified atom stereocenters. The van der Waals surface area contributed by atoms with Gasteiger partial charge in [0.25, 0.3) is 0 Å². The van der Waals surface area contributed by atoms with Crippen LogP contribution in [0.5, 0.6) is 5.75 Å². The highest BCUT2D eigenvalue weighted by Gasteiger charge is 2.14. The van der Waals surface area contributed by atoms with E-state index < -0.39 is 10.0 Å². The number of methoxy groups -OCH3 is 1.